The number of carboxylic acids is 1. The van der Waals surface area contributed by atoms with Gasteiger partial charge in [0.25, 0.3) is 5.69 Å². The third kappa shape index (κ3) is 5.79. The largest absolute Gasteiger partial charge is 0.497 e. The predicted octanol–water partition coefficient (Wildman–Crippen LogP) is 3.32. The zero-order chi connectivity index (χ0) is 22.4. The maximum absolute atomic E-state index is 12.3. The van der Waals surface area contributed by atoms with Gasteiger partial charge in [-0.2, -0.15) is 5.10 Å². The number of carboxylic acid groups (broad SMARTS) is 1. The highest BCUT2D eigenvalue weighted by Gasteiger charge is 2.14. The molecular formula is C20H18N4O7. The topological polar surface area (TPSA) is 146 Å². The number of methoxy groups -OCH3 is 1. The zero-order valence-electron chi connectivity index (χ0n) is 16.3. The average molecular weight is 426 g/mol. The molecule has 160 valence electrons. The number of amides is 1. The molecule has 0 aliphatic carbocycles. The minimum atomic E-state index is -1.16. The van der Waals surface area contributed by atoms with Crippen molar-refractivity contribution in [3.8, 4) is 17.2 Å². The number of anilines is 1. The molecule has 0 spiro atoms. The van der Waals surface area contributed by atoms with Gasteiger partial charge in [0.15, 0.2) is 5.69 Å². The Morgan fingerprint density at radius 1 is 1.13 bits per heavy atom. The number of non-ortho nitro benzene ring substituents is 1. The van der Waals surface area contributed by atoms with E-state index in [4.69, 9.17) is 14.6 Å². The first-order valence-corrected chi connectivity index (χ1v) is 9.02. The lowest BCUT2D eigenvalue weighted by molar-refractivity contribution is -0.384. The Bertz CT molecular complexity index is 1110. The molecule has 0 saturated heterocycles. The molecule has 1 heterocycles. The number of nitrogens with zero attached hydrogens (tertiary/aromatic N) is 3. The SMILES string of the molecule is COc1ccc(Oc2cc(NC(=O)CCn3ccc(C(=O)O)n3)cc([N+](=O)[O-])c2)cc1. The highest BCUT2D eigenvalue weighted by molar-refractivity contribution is 5.91. The van der Waals surface area contributed by atoms with Crippen molar-refractivity contribution in [2.24, 2.45) is 0 Å². The highest BCUT2D eigenvalue weighted by atomic mass is 16.6. The number of nitrogens with one attached hydrogen (secondary N) is 1. The number of aromatic nitrogens is 2. The van der Waals surface area contributed by atoms with E-state index in [1.54, 1.807) is 24.3 Å². The van der Waals surface area contributed by atoms with Crippen LogP contribution in [0.25, 0.3) is 0 Å². The first-order valence-electron chi connectivity index (χ1n) is 9.02. The number of carbonyl (C=O) groups is 2. The summed E-state index contributed by atoms with van der Waals surface area (Å²) in [5.74, 6) is -0.348. The number of aryl methyl sites for hydroxylation is 1. The van der Waals surface area contributed by atoms with Crippen molar-refractivity contribution in [3.63, 3.8) is 0 Å². The Hall–Kier alpha value is -4.41. The monoisotopic (exact) mass is 426 g/mol. The number of hydrogen-bond acceptors (Lipinski definition) is 7. The molecule has 2 aromatic carbocycles. The first-order chi connectivity index (χ1) is 14.8. The van der Waals surface area contributed by atoms with Gasteiger partial charge >= 0.3 is 5.97 Å². The molecule has 31 heavy (non-hydrogen) atoms. The van der Waals surface area contributed by atoms with E-state index in [0.29, 0.717) is 11.5 Å². The third-order valence-corrected chi connectivity index (χ3v) is 4.11. The van der Waals surface area contributed by atoms with Crippen LogP contribution in [-0.4, -0.2) is 38.8 Å². The van der Waals surface area contributed by atoms with Crippen LogP contribution in [0.4, 0.5) is 11.4 Å². The summed E-state index contributed by atoms with van der Waals surface area (Å²) >= 11 is 0. The van der Waals surface area contributed by atoms with Crippen molar-refractivity contribution in [2.45, 2.75) is 13.0 Å². The van der Waals surface area contributed by atoms with E-state index in [0.717, 1.165) is 0 Å². The Morgan fingerprint density at radius 3 is 2.45 bits per heavy atom. The summed E-state index contributed by atoms with van der Waals surface area (Å²) in [6.07, 6.45) is 1.43. The van der Waals surface area contributed by atoms with Gasteiger partial charge in [-0.1, -0.05) is 0 Å². The molecule has 0 saturated carbocycles. The van der Waals surface area contributed by atoms with Gasteiger partial charge < -0.3 is 19.9 Å². The maximum atomic E-state index is 12.3. The smallest absolute Gasteiger partial charge is 0.356 e. The number of hydrogen-bond donors (Lipinski definition) is 2. The standard InChI is InChI=1S/C20H18N4O7/c1-30-15-2-4-16(5-3-15)31-17-11-13(10-14(12-17)24(28)29)21-19(25)7-9-23-8-6-18(22-23)20(26)27/h2-6,8,10-12H,7,9H2,1H3,(H,21,25)(H,26,27). The Kier molecular flexibility index (Phi) is 6.45. The Labute approximate surface area is 176 Å². The van der Waals surface area contributed by atoms with Crippen LogP contribution in [-0.2, 0) is 11.3 Å². The second-order valence-corrected chi connectivity index (χ2v) is 6.32. The number of ether oxygens (including phenoxy) is 2. The number of rotatable bonds is 9. The van der Waals surface area contributed by atoms with Crippen molar-refractivity contribution >= 4 is 23.3 Å². The highest BCUT2D eigenvalue weighted by Crippen LogP contribution is 2.30. The predicted molar refractivity (Wildman–Crippen MR) is 109 cm³/mol. The molecule has 0 unspecified atom stereocenters. The molecule has 11 nitrogen and oxygen atoms in total. The molecule has 11 heteroatoms. The van der Waals surface area contributed by atoms with Crippen LogP contribution in [0.5, 0.6) is 17.2 Å². The van der Waals surface area contributed by atoms with E-state index >= 15 is 0 Å². The van der Waals surface area contributed by atoms with Crippen LogP contribution < -0.4 is 14.8 Å². The Balaban J connectivity index is 1.69. The molecule has 0 aliphatic heterocycles. The van der Waals surface area contributed by atoms with Crippen LogP contribution in [0.2, 0.25) is 0 Å². The summed E-state index contributed by atoms with van der Waals surface area (Å²) in [7, 11) is 1.53. The van der Waals surface area contributed by atoms with Gasteiger partial charge in [0, 0.05) is 31.3 Å². The number of aromatic carboxylic acids is 1. The summed E-state index contributed by atoms with van der Waals surface area (Å²) in [6, 6.07) is 11.9. The second kappa shape index (κ2) is 9.39. The molecule has 1 amide bonds. The summed E-state index contributed by atoms with van der Waals surface area (Å²) in [6.45, 7) is 0.142. The molecule has 3 rings (SSSR count). The van der Waals surface area contributed by atoms with E-state index in [2.05, 4.69) is 10.4 Å². The van der Waals surface area contributed by atoms with E-state index in [9.17, 15) is 19.7 Å². The fourth-order valence-corrected chi connectivity index (χ4v) is 2.64. The van der Waals surface area contributed by atoms with Crippen molar-refractivity contribution in [1.29, 1.82) is 0 Å². The van der Waals surface area contributed by atoms with Crippen LogP contribution in [0.15, 0.2) is 54.7 Å². The van der Waals surface area contributed by atoms with E-state index in [1.807, 2.05) is 0 Å². The van der Waals surface area contributed by atoms with Crippen LogP contribution in [0.3, 0.4) is 0 Å². The molecule has 2 N–H and O–H groups in total. The molecule has 0 fully saturated rings. The van der Waals surface area contributed by atoms with Gasteiger partial charge in [-0.05, 0) is 30.3 Å². The third-order valence-electron chi connectivity index (χ3n) is 4.11. The molecule has 0 bridgehead atoms. The fraction of sp³-hybridized carbons (Fsp3) is 0.150. The van der Waals surface area contributed by atoms with Gasteiger partial charge in [0.2, 0.25) is 5.91 Å². The van der Waals surface area contributed by atoms with Crippen LogP contribution in [0.1, 0.15) is 16.9 Å². The minimum absolute atomic E-state index is 0.0158. The number of nitro benzene ring substituents is 1. The van der Waals surface area contributed by atoms with Gasteiger partial charge in [0.05, 0.1) is 23.8 Å². The number of nitro groups is 1. The molecule has 3 aromatic rings. The summed E-state index contributed by atoms with van der Waals surface area (Å²) in [5.41, 5.74) is -0.187. The lowest BCUT2D eigenvalue weighted by atomic mass is 10.2. The summed E-state index contributed by atoms with van der Waals surface area (Å²) in [4.78, 5) is 33.8. The molecule has 0 radical (unpaired) electrons. The second-order valence-electron chi connectivity index (χ2n) is 6.32. The Morgan fingerprint density at radius 2 is 1.84 bits per heavy atom. The van der Waals surface area contributed by atoms with E-state index < -0.39 is 16.8 Å². The summed E-state index contributed by atoms with van der Waals surface area (Å²) in [5, 5.41) is 26.5. The average Bonchev–Trinajstić information content (AvgIpc) is 3.22. The van der Waals surface area contributed by atoms with Gasteiger partial charge in [-0.25, -0.2) is 4.79 Å². The first kappa shape index (κ1) is 21.3. The molecule has 1 aromatic heterocycles. The number of benzene rings is 2. The lowest BCUT2D eigenvalue weighted by Crippen LogP contribution is -2.15. The van der Waals surface area contributed by atoms with Gasteiger partial charge in [0.1, 0.15) is 17.2 Å². The van der Waals surface area contributed by atoms with Crippen molar-refractivity contribution in [2.75, 3.05) is 12.4 Å². The maximum Gasteiger partial charge on any atom is 0.356 e. The van der Waals surface area contributed by atoms with Gasteiger partial charge in [-0.15, -0.1) is 0 Å². The van der Waals surface area contributed by atoms with E-state index in [-0.39, 0.29) is 35.8 Å². The lowest BCUT2D eigenvalue weighted by Gasteiger charge is -2.10. The molecular weight excluding hydrogens is 408 g/mol. The van der Waals surface area contributed by atoms with Crippen molar-refractivity contribution in [1.82, 2.24) is 9.78 Å². The van der Waals surface area contributed by atoms with E-state index in [1.165, 1.54) is 42.3 Å². The number of carbonyl (C=O) groups excluding carboxylic acids is 1. The van der Waals surface area contributed by atoms with Crippen LogP contribution in [0, 0.1) is 10.1 Å². The minimum Gasteiger partial charge on any atom is -0.497 e. The zero-order valence-corrected chi connectivity index (χ0v) is 16.3. The fourth-order valence-electron chi connectivity index (χ4n) is 2.64. The quantitative estimate of drug-likeness (QED) is 0.391. The van der Waals surface area contributed by atoms with Crippen molar-refractivity contribution in [3.05, 3.63) is 70.5 Å². The van der Waals surface area contributed by atoms with Crippen LogP contribution >= 0.6 is 0 Å². The summed E-state index contributed by atoms with van der Waals surface area (Å²) < 4.78 is 12.1. The van der Waals surface area contributed by atoms with Crippen molar-refractivity contribution < 1.29 is 29.1 Å². The molecule has 0 atom stereocenters. The molecule has 0 aliphatic rings. The normalized spacial score (nSPS) is 10.4. The van der Waals surface area contributed by atoms with Gasteiger partial charge in [-0.3, -0.25) is 19.6 Å².